The van der Waals surface area contributed by atoms with Crippen molar-refractivity contribution < 1.29 is 4.79 Å². The van der Waals surface area contributed by atoms with Gasteiger partial charge < -0.3 is 14.8 Å². The molecule has 0 bridgehead atoms. The van der Waals surface area contributed by atoms with E-state index in [1.54, 1.807) is 17.6 Å². The molecule has 0 aliphatic carbocycles. The third-order valence-electron chi connectivity index (χ3n) is 6.68. The summed E-state index contributed by atoms with van der Waals surface area (Å²) in [5.41, 5.74) is 3.39. The molecule has 1 N–H and O–H groups in total. The van der Waals surface area contributed by atoms with E-state index in [-0.39, 0.29) is 23.6 Å². The highest BCUT2D eigenvalue weighted by Crippen LogP contribution is 2.28. The number of aryl methyl sites for hydroxylation is 1. The summed E-state index contributed by atoms with van der Waals surface area (Å²) in [6.07, 6.45) is 3.39. The molecule has 1 saturated heterocycles. The highest BCUT2D eigenvalue weighted by molar-refractivity contribution is 7.28. The number of anilines is 1. The highest BCUT2D eigenvalue weighted by atomic mass is 31.0. The van der Waals surface area contributed by atoms with Crippen LogP contribution in [0, 0.1) is 6.92 Å². The second-order valence-electron chi connectivity index (χ2n) is 9.24. The molecule has 1 aliphatic heterocycles. The Morgan fingerprint density at radius 2 is 2.09 bits per heavy atom. The van der Waals surface area contributed by atoms with Gasteiger partial charge >= 0.3 is 0 Å². The molecule has 3 aromatic rings. The van der Waals surface area contributed by atoms with Crippen LogP contribution < -0.4 is 16.2 Å². The van der Waals surface area contributed by atoms with Gasteiger partial charge in [0, 0.05) is 44.4 Å². The zero-order valence-corrected chi connectivity index (χ0v) is 22.5. The van der Waals surface area contributed by atoms with Crippen LogP contribution in [0.25, 0.3) is 10.9 Å². The second kappa shape index (κ2) is 10.1. The molecular weight excluding hydrogens is 464 g/mol. The monoisotopic (exact) mass is 497 g/mol. The molecule has 0 spiro atoms. The Morgan fingerprint density at radius 1 is 1.32 bits per heavy atom. The number of hydrogen-bond donors (Lipinski definition) is 1. The van der Waals surface area contributed by atoms with Crippen LogP contribution in [0.4, 0.5) is 5.82 Å². The predicted molar refractivity (Wildman–Crippen MR) is 145 cm³/mol. The van der Waals surface area contributed by atoms with E-state index in [1.807, 2.05) is 24.9 Å². The summed E-state index contributed by atoms with van der Waals surface area (Å²) < 4.78 is 1.80. The lowest BCUT2D eigenvalue weighted by Gasteiger charge is -2.37. The minimum Gasteiger partial charge on any atom is -0.365 e. The van der Waals surface area contributed by atoms with Crippen LogP contribution >= 0.6 is 18.5 Å². The van der Waals surface area contributed by atoms with E-state index >= 15 is 0 Å². The van der Waals surface area contributed by atoms with Crippen LogP contribution in [0.5, 0.6) is 0 Å². The van der Waals surface area contributed by atoms with Crippen LogP contribution in [0.15, 0.2) is 35.3 Å². The lowest BCUT2D eigenvalue weighted by atomic mass is 9.97. The molecule has 5 atom stereocenters. The zero-order chi connectivity index (χ0) is 24.6. The lowest BCUT2D eigenvalue weighted by Crippen LogP contribution is -2.45. The number of rotatable bonds is 5. The van der Waals surface area contributed by atoms with Gasteiger partial charge in [0.05, 0.1) is 10.9 Å². The number of benzene rings is 1. The van der Waals surface area contributed by atoms with Crippen LogP contribution in [0.1, 0.15) is 62.3 Å². The number of fused-ring (bicyclic) bond motifs is 1. The van der Waals surface area contributed by atoms with Gasteiger partial charge in [0.15, 0.2) is 0 Å². The summed E-state index contributed by atoms with van der Waals surface area (Å²) in [7, 11) is 5.72. The first kappa shape index (κ1) is 24.8. The van der Waals surface area contributed by atoms with E-state index in [9.17, 15) is 9.59 Å². The van der Waals surface area contributed by atoms with Gasteiger partial charge in [-0.3, -0.25) is 9.59 Å². The number of nitrogens with zero attached hydrogens (tertiary/aromatic N) is 4. The van der Waals surface area contributed by atoms with Gasteiger partial charge in [-0.05, 0) is 48.8 Å². The predicted octanol–water partition coefficient (Wildman–Crippen LogP) is 3.72. The maximum absolute atomic E-state index is 13.0. The normalized spacial score (nSPS) is 19.3. The van der Waals surface area contributed by atoms with Crippen molar-refractivity contribution in [1.82, 2.24) is 19.4 Å². The SMILES string of the molecule is CC(=O)N1CCC(n2cc3c(NCc4cccc(C(C)P)c4P)nc(C)nc3cc2=O)C[C@H]1C. The number of pyridine rings is 1. The van der Waals surface area contributed by atoms with Crippen molar-refractivity contribution in [3.63, 3.8) is 0 Å². The molecule has 1 aromatic carbocycles. The molecule has 1 fully saturated rings. The first-order valence-electron chi connectivity index (χ1n) is 11.7. The van der Waals surface area contributed by atoms with Crippen molar-refractivity contribution in [3.05, 3.63) is 57.8 Å². The van der Waals surface area contributed by atoms with E-state index in [0.717, 1.165) is 24.0 Å². The van der Waals surface area contributed by atoms with Gasteiger partial charge in [-0.25, -0.2) is 9.97 Å². The Morgan fingerprint density at radius 3 is 2.76 bits per heavy atom. The fraction of sp³-hybridized carbons (Fsp3) is 0.440. The molecular formula is C25H33N5O2P2. The van der Waals surface area contributed by atoms with E-state index in [0.29, 0.717) is 30.1 Å². The van der Waals surface area contributed by atoms with Crippen molar-refractivity contribution in [3.8, 4) is 0 Å². The average molecular weight is 498 g/mol. The van der Waals surface area contributed by atoms with E-state index in [1.165, 1.54) is 16.4 Å². The number of piperidine rings is 1. The second-order valence-corrected chi connectivity index (χ2v) is 10.8. The summed E-state index contributed by atoms with van der Waals surface area (Å²) in [6.45, 7) is 8.92. The summed E-state index contributed by atoms with van der Waals surface area (Å²) in [5.74, 6) is 1.42. The summed E-state index contributed by atoms with van der Waals surface area (Å²) >= 11 is 0. The van der Waals surface area contributed by atoms with Gasteiger partial charge in [0.2, 0.25) is 5.91 Å². The van der Waals surface area contributed by atoms with Crippen molar-refractivity contribution >= 4 is 46.4 Å². The number of amides is 1. The summed E-state index contributed by atoms with van der Waals surface area (Å²) in [5, 5.41) is 5.51. The molecule has 34 heavy (non-hydrogen) atoms. The number of likely N-dealkylation sites (tertiary alicyclic amines) is 1. The largest absolute Gasteiger partial charge is 0.365 e. The highest BCUT2D eigenvalue weighted by Gasteiger charge is 2.28. The van der Waals surface area contributed by atoms with Gasteiger partial charge in [0.1, 0.15) is 11.6 Å². The fourth-order valence-electron chi connectivity index (χ4n) is 4.89. The third kappa shape index (κ3) is 5.01. The fourth-order valence-corrected chi connectivity index (χ4v) is 5.93. The number of nitrogens with one attached hydrogen (secondary N) is 1. The van der Waals surface area contributed by atoms with Crippen LogP contribution in [-0.4, -0.2) is 37.9 Å². The minimum atomic E-state index is -0.0700. The molecule has 1 aliphatic rings. The smallest absolute Gasteiger partial charge is 0.252 e. The number of aromatic nitrogens is 3. The van der Waals surface area contributed by atoms with Crippen molar-refractivity contribution in [1.29, 1.82) is 0 Å². The lowest BCUT2D eigenvalue weighted by molar-refractivity contribution is -0.132. The molecule has 2 aromatic heterocycles. The number of carbonyl (C=O) groups excluding carboxylic acids is 1. The van der Waals surface area contributed by atoms with E-state index < -0.39 is 0 Å². The molecule has 4 unspecified atom stereocenters. The van der Waals surface area contributed by atoms with Gasteiger partial charge in [0.25, 0.3) is 5.56 Å². The van der Waals surface area contributed by atoms with E-state index in [4.69, 9.17) is 0 Å². The average Bonchev–Trinajstić information content (AvgIpc) is 2.77. The Kier molecular flexibility index (Phi) is 7.35. The van der Waals surface area contributed by atoms with E-state index in [2.05, 4.69) is 58.9 Å². The molecule has 180 valence electrons. The molecule has 9 heteroatoms. The molecule has 4 rings (SSSR count). The van der Waals surface area contributed by atoms with Crippen LogP contribution in [0.3, 0.4) is 0 Å². The first-order chi connectivity index (χ1) is 16.2. The standard InChI is InChI=1S/C25H33N5O2P2/c1-14-10-19(8-9-29(14)17(4)31)30-13-21-22(11-23(30)32)27-16(3)28-25(21)26-12-18-6-5-7-20(15(2)33)24(18)34/h5-7,11,13-15,19H,8-10,12,33-34H2,1-4H3,(H,26,27,28)/t14-,15?,19?/m1/s1. The number of hydrogen-bond acceptors (Lipinski definition) is 5. The minimum absolute atomic E-state index is 0.0375. The Hall–Kier alpha value is -2.36. The Labute approximate surface area is 205 Å². The molecule has 1 amide bonds. The molecule has 3 heterocycles. The zero-order valence-electron chi connectivity index (χ0n) is 20.2. The maximum Gasteiger partial charge on any atom is 0.252 e. The van der Waals surface area contributed by atoms with Crippen LogP contribution in [0.2, 0.25) is 0 Å². The summed E-state index contributed by atoms with van der Waals surface area (Å²) in [4.78, 5) is 35.9. The van der Waals surface area contributed by atoms with Gasteiger partial charge in [-0.15, -0.1) is 18.5 Å². The number of carbonyl (C=O) groups is 1. The topological polar surface area (TPSA) is 80.1 Å². The third-order valence-corrected chi connectivity index (χ3v) is 7.75. The van der Waals surface area contributed by atoms with Gasteiger partial charge in [-0.1, -0.05) is 25.1 Å². The quantitative estimate of drug-likeness (QED) is 0.544. The first-order valence-corrected chi connectivity index (χ1v) is 12.9. The van der Waals surface area contributed by atoms with Crippen molar-refractivity contribution in [2.75, 3.05) is 11.9 Å². The maximum atomic E-state index is 13.0. The molecule has 7 nitrogen and oxygen atoms in total. The van der Waals surface area contributed by atoms with Crippen molar-refractivity contribution in [2.45, 2.75) is 64.8 Å². The summed E-state index contributed by atoms with van der Waals surface area (Å²) in [6, 6.07) is 8.07. The van der Waals surface area contributed by atoms with Gasteiger partial charge in [-0.2, -0.15) is 0 Å². The Bertz CT molecular complexity index is 1290. The Balaban J connectivity index is 1.67. The van der Waals surface area contributed by atoms with Crippen LogP contribution in [-0.2, 0) is 11.3 Å². The molecule has 0 radical (unpaired) electrons. The van der Waals surface area contributed by atoms with Crippen molar-refractivity contribution in [2.24, 2.45) is 0 Å². The molecule has 0 saturated carbocycles.